The first-order valence-electron chi connectivity index (χ1n) is 13.1. The van der Waals surface area contributed by atoms with E-state index in [9.17, 15) is 32.3 Å². The predicted octanol–water partition coefficient (Wildman–Crippen LogP) is 0.629. The van der Waals surface area contributed by atoms with Crippen molar-refractivity contribution in [3.05, 3.63) is 65.7 Å². The number of amides is 4. The molecule has 0 heterocycles. The van der Waals surface area contributed by atoms with Crippen LogP contribution in [0.15, 0.2) is 54.6 Å². The molecule has 0 aliphatic heterocycles. The average Bonchev–Trinajstić information content (AvgIpc) is 2.90. The second kappa shape index (κ2) is 15.8. The number of benzene rings is 2. The molecule has 6 N–H and O–H groups in total. The zero-order valence-corrected chi connectivity index (χ0v) is 23.3. The maximum atomic E-state index is 13.3. The van der Waals surface area contributed by atoms with Crippen LogP contribution in [0.2, 0.25) is 0 Å². The van der Waals surface area contributed by atoms with E-state index in [1.165, 1.54) is 19.1 Å². The highest BCUT2D eigenvalue weighted by Gasteiger charge is 2.32. The lowest BCUT2D eigenvalue weighted by atomic mass is 9.92. The van der Waals surface area contributed by atoms with Crippen molar-refractivity contribution in [2.45, 2.75) is 58.1 Å². The zero-order chi connectivity index (χ0) is 31.4. The van der Waals surface area contributed by atoms with Gasteiger partial charge in [-0.2, -0.15) is 0 Å². The van der Waals surface area contributed by atoms with E-state index >= 15 is 0 Å². The Hall–Kier alpha value is -4.11. The summed E-state index contributed by atoms with van der Waals surface area (Å²) in [6.45, 7) is 4.75. The number of halogens is 3. The molecule has 0 radical (unpaired) electrons. The summed E-state index contributed by atoms with van der Waals surface area (Å²) < 4.78 is 41.0. The van der Waals surface area contributed by atoms with Crippen LogP contribution in [0.25, 0.3) is 0 Å². The van der Waals surface area contributed by atoms with Gasteiger partial charge >= 0.3 is 13.5 Å². The van der Waals surface area contributed by atoms with Gasteiger partial charge in [0.25, 0.3) is 0 Å². The molecule has 228 valence electrons. The molecular formula is C27H34BF3N4O7. The molecule has 4 amide bonds. The number of nitrogens with one attached hydrogen (secondary N) is 4. The van der Waals surface area contributed by atoms with E-state index in [4.69, 9.17) is 10.0 Å². The summed E-state index contributed by atoms with van der Waals surface area (Å²) in [5.74, 6) is -3.45. The maximum Gasteiger partial charge on any atom is 0.573 e. The Labute approximate surface area is 241 Å². The molecule has 0 saturated carbocycles. The molecular weight excluding hydrogens is 560 g/mol. The average molecular weight is 594 g/mol. The van der Waals surface area contributed by atoms with Gasteiger partial charge in [0.2, 0.25) is 23.6 Å². The third-order valence-corrected chi connectivity index (χ3v) is 5.91. The van der Waals surface area contributed by atoms with Crippen molar-refractivity contribution in [1.82, 2.24) is 21.3 Å². The van der Waals surface area contributed by atoms with E-state index in [-0.39, 0.29) is 12.8 Å². The molecule has 2 aromatic carbocycles. The monoisotopic (exact) mass is 594 g/mol. The molecule has 15 heteroatoms. The van der Waals surface area contributed by atoms with Gasteiger partial charge in [0.15, 0.2) is 0 Å². The van der Waals surface area contributed by atoms with Crippen molar-refractivity contribution in [2.24, 2.45) is 5.92 Å². The first-order valence-corrected chi connectivity index (χ1v) is 13.1. The van der Waals surface area contributed by atoms with Crippen molar-refractivity contribution < 1.29 is 47.1 Å². The van der Waals surface area contributed by atoms with Crippen molar-refractivity contribution >= 4 is 30.7 Å². The molecule has 0 aliphatic carbocycles. The van der Waals surface area contributed by atoms with Gasteiger partial charge in [-0.3, -0.25) is 19.2 Å². The highest BCUT2D eigenvalue weighted by Crippen LogP contribution is 2.22. The smallest absolute Gasteiger partial charge is 0.426 e. The first-order chi connectivity index (χ1) is 19.6. The van der Waals surface area contributed by atoms with Crippen LogP contribution in [0.4, 0.5) is 13.2 Å². The highest BCUT2D eigenvalue weighted by atomic mass is 19.4. The second-order valence-corrected chi connectivity index (χ2v) is 9.86. The molecule has 42 heavy (non-hydrogen) atoms. The van der Waals surface area contributed by atoms with Crippen LogP contribution in [0, 0.1) is 5.92 Å². The Morgan fingerprint density at radius 3 is 2.00 bits per heavy atom. The highest BCUT2D eigenvalue weighted by molar-refractivity contribution is 6.41. The fourth-order valence-electron chi connectivity index (χ4n) is 3.80. The van der Waals surface area contributed by atoms with Crippen molar-refractivity contribution in [3.63, 3.8) is 0 Å². The topological polar surface area (TPSA) is 166 Å². The Kier molecular flexibility index (Phi) is 12.8. The number of alkyl halides is 3. The van der Waals surface area contributed by atoms with E-state index in [0.717, 1.165) is 12.1 Å². The van der Waals surface area contributed by atoms with Crippen molar-refractivity contribution in [2.75, 3.05) is 6.44 Å². The van der Waals surface area contributed by atoms with E-state index in [1.807, 2.05) is 0 Å². The normalized spacial score (nSPS) is 13.4. The zero-order valence-electron chi connectivity index (χ0n) is 23.3. The molecule has 0 bridgehead atoms. The third-order valence-electron chi connectivity index (χ3n) is 5.91. The van der Waals surface area contributed by atoms with Crippen molar-refractivity contribution in [3.8, 4) is 5.75 Å². The Morgan fingerprint density at radius 2 is 1.45 bits per heavy atom. The van der Waals surface area contributed by atoms with Gasteiger partial charge in [0.1, 0.15) is 23.9 Å². The molecule has 1 unspecified atom stereocenters. The van der Waals surface area contributed by atoms with Gasteiger partial charge in [-0.1, -0.05) is 56.3 Å². The summed E-state index contributed by atoms with van der Waals surface area (Å²) in [6, 6.07) is 10.2. The van der Waals surface area contributed by atoms with Crippen LogP contribution in [-0.4, -0.2) is 71.7 Å². The number of hydrogen-bond acceptors (Lipinski definition) is 7. The molecule has 2 aromatic rings. The van der Waals surface area contributed by atoms with Crippen LogP contribution in [0.1, 0.15) is 31.9 Å². The molecule has 0 spiro atoms. The molecule has 0 aromatic heterocycles. The minimum atomic E-state index is -4.85. The van der Waals surface area contributed by atoms with E-state index < -0.39 is 73.3 Å². The lowest BCUT2D eigenvalue weighted by molar-refractivity contribution is -0.274. The molecule has 0 aliphatic rings. The summed E-state index contributed by atoms with van der Waals surface area (Å²) in [6.07, 6.45) is -5.45. The Balaban J connectivity index is 2.10. The molecule has 0 saturated heterocycles. The van der Waals surface area contributed by atoms with E-state index in [1.54, 1.807) is 44.2 Å². The van der Waals surface area contributed by atoms with Gasteiger partial charge in [-0.15, -0.1) is 13.2 Å². The molecule has 0 fully saturated rings. The minimum absolute atomic E-state index is 0.0627. The van der Waals surface area contributed by atoms with Crippen molar-refractivity contribution in [1.29, 1.82) is 0 Å². The van der Waals surface area contributed by atoms with Crippen LogP contribution in [0.3, 0.4) is 0 Å². The summed E-state index contributed by atoms with van der Waals surface area (Å²) in [5.41, 5.74) is 1.09. The molecule has 11 nitrogen and oxygen atoms in total. The number of rotatable bonds is 14. The fourth-order valence-corrected chi connectivity index (χ4v) is 3.80. The number of carbonyl (C=O) groups excluding carboxylic acids is 4. The fraction of sp³-hybridized carbons (Fsp3) is 0.407. The SMILES string of the molecule is CC(C)[C@H](NC(=O)Cc1ccc(OC(F)(F)F)cc1)C(=O)NC(Cc1ccccc1)C(=O)N[C@@H](C)C(=O)NCB(O)O. The minimum Gasteiger partial charge on any atom is -0.426 e. The third kappa shape index (κ3) is 12.2. The lowest BCUT2D eigenvalue weighted by Crippen LogP contribution is -2.58. The number of carbonyl (C=O) groups is 4. The van der Waals surface area contributed by atoms with Gasteiger partial charge in [-0.25, -0.2) is 0 Å². The molecule has 3 atom stereocenters. The number of hydrogen-bond donors (Lipinski definition) is 6. The van der Waals surface area contributed by atoms with Crippen LogP contribution in [0.5, 0.6) is 5.75 Å². The summed E-state index contributed by atoms with van der Waals surface area (Å²) in [4.78, 5) is 51.3. The quantitative estimate of drug-likeness (QED) is 0.175. The standard InChI is InChI=1S/C27H34BF3N4O7/c1-16(2)23(35-22(36)14-19-9-11-20(12-10-19)42-27(29,30)31)26(39)34-21(13-18-7-5-4-6-8-18)25(38)33-17(3)24(37)32-15-28(40)41/h4-12,16-17,21,23,40-41H,13-15H2,1-3H3,(H,32,37)(H,33,38)(H,34,39)(H,35,36)/t17-,21?,23-/m0/s1. The molecule has 2 rings (SSSR count). The van der Waals surface area contributed by atoms with Gasteiger partial charge in [-0.05, 0) is 36.1 Å². The first kappa shape index (κ1) is 34.1. The van der Waals surface area contributed by atoms with Gasteiger partial charge < -0.3 is 36.1 Å². The summed E-state index contributed by atoms with van der Waals surface area (Å²) in [7, 11) is -1.77. The van der Waals surface area contributed by atoms with E-state index in [2.05, 4.69) is 26.0 Å². The number of ether oxygens (including phenoxy) is 1. The Bertz CT molecular complexity index is 1200. The maximum absolute atomic E-state index is 13.3. The summed E-state index contributed by atoms with van der Waals surface area (Å²) in [5, 5.41) is 27.9. The van der Waals surface area contributed by atoms with Gasteiger partial charge in [0.05, 0.1) is 12.9 Å². The van der Waals surface area contributed by atoms with Crippen LogP contribution < -0.4 is 26.0 Å². The van der Waals surface area contributed by atoms with E-state index in [0.29, 0.717) is 11.1 Å². The Morgan fingerprint density at radius 1 is 0.833 bits per heavy atom. The predicted molar refractivity (Wildman–Crippen MR) is 146 cm³/mol. The lowest BCUT2D eigenvalue weighted by Gasteiger charge is -2.26. The van der Waals surface area contributed by atoms with Gasteiger partial charge in [0, 0.05) is 6.42 Å². The van der Waals surface area contributed by atoms with Crippen LogP contribution >= 0.6 is 0 Å². The summed E-state index contributed by atoms with van der Waals surface area (Å²) >= 11 is 0. The largest absolute Gasteiger partial charge is 0.573 e. The van der Waals surface area contributed by atoms with Crippen LogP contribution in [-0.2, 0) is 32.0 Å². The second-order valence-electron chi connectivity index (χ2n) is 9.86.